The van der Waals surface area contributed by atoms with Gasteiger partial charge >= 0.3 is 0 Å². The minimum Gasteiger partial charge on any atom is -0.495 e. The van der Waals surface area contributed by atoms with Crippen molar-refractivity contribution in [3.8, 4) is 11.4 Å². The van der Waals surface area contributed by atoms with Gasteiger partial charge in [-0.2, -0.15) is 0 Å². The van der Waals surface area contributed by atoms with Gasteiger partial charge < -0.3 is 19.3 Å². The van der Waals surface area contributed by atoms with Gasteiger partial charge in [-0.05, 0) is 44.2 Å². The number of β-amino-alcohol motifs (C(OH)–C–C–N with tert-alkyl or cyclic N) is 1. The lowest BCUT2D eigenvalue weighted by Crippen LogP contribution is -2.53. The van der Waals surface area contributed by atoms with Crippen LogP contribution in [0.15, 0.2) is 30.3 Å². The number of amides is 1. The molecule has 1 aromatic carbocycles. The molecule has 2 heterocycles. The Morgan fingerprint density at radius 2 is 1.82 bits per heavy atom. The van der Waals surface area contributed by atoms with Crippen molar-refractivity contribution in [3.63, 3.8) is 0 Å². The number of benzene rings is 1. The van der Waals surface area contributed by atoms with Crippen molar-refractivity contribution in [3.05, 3.63) is 47.3 Å². The summed E-state index contributed by atoms with van der Waals surface area (Å²) in [5.41, 5.74) is 3.63. The Kier molecular flexibility index (Phi) is 3.66. The highest BCUT2D eigenvalue weighted by molar-refractivity contribution is 5.95. The smallest absolute Gasteiger partial charge is 0.254 e. The number of carbonyl (C=O) groups is 1. The monoisotopic (exact) mass is 300 g/mol. The molecule has 1 fully saturated rings. The number of methoxy groups -OCH3 is 1. The van der Waals surface area contributed by atoms with Crippen LogP contribution >= 0.6 is 0 Å². The molecule has 0 radical (unpaired) electrons. The van der Waals surface area contributed by atoms with Crippen molar-refractivity contribution in [2.45, 2.75) is 20.0 Å². The lowest BCUT2D eigenvalue weighted by atomic mass is 10.1. The number of ether oxygens (including phenoxy) is 1. The summed E-state index contributed by atoms with van der Waals surface area (Å²) in [7, 11) is 1.63. The average Bonchev–Trinajstić information content (AvgIpc) is 2.81. The van der Waals surface area contributed by atoms with Crippen LogP contribution in [0.3, 0.4) is 0 Å². The van der Waals surface area contributed by atoms with E-state index in [0.717, 1.165) is 22.8 Å². The number of likely N-dealkylation sites (tertiary alicyclic amines) is 1. The van der Waals surface area contributed by atoms with Crippen LogP contribution in [0.5, 0.6) is 5.75 Å². The maximum Gasteiger partial charge on any atom is 0.254 e. The van der Waals surface area contributed by atoms with E-state index in [2.05, 4.69) is 4.57 Å². The number of hydrogen-bond acceptors (Lipinski definition) is 3. The Labute approximate surface area is 129 Å². The summed E-state index contributed by atoms with van der Waals surface area (Å²) in [6, 6.07) is 9.51. The van der Waals surface area contributed by atoms with E-state index in [1.54, 1.807) is 18.1 Å². The largest absolute Gasteiger partial charge is 0.495 e. The molecule has 1 saturated heterocycles. The molecule has 5 nitrogen and oxygen atoms in total. The molecule has 22 heavy (non-hydrogen) atoms. The second-order valence-corrected chi connectivity index (χ2v) is 5.70. The quantitative estimate of drug-likeness (QED) is 0.942. The zero-order chi connectivity index (χ0) is 15.9. The first-order valence-corrected chi connectivity index (χ1v) is 7.32. The van der Waals surface area contributed by atoms with Gasteiger partial charge in [-0.15, -0.1) is 0 Å². The molecular weight excluding hydrogens is 280 g/mol. The fraction of sp³-hybridized carbons (Fsp3) is 0.353. The van der Waals surface area contributed by atoms with Gasteiger partial charge in [0, 0.05) is 30.0 Å². The van der Waals surface area contributed by atoms with Gasteiger partial charge in [-0.25, -0.2) is 0 Å². The third-order valence-corrected chi connectivity index (χ3v) is 4.09. The summed E-state index contributed by atoms with van der Waals surface area (Å²) in [6.45, 7) is 4.85. The number of aryl methyl sites for hydroxylation is 2. The summed E-state index contributed by atoms with van der Waals surface area (Å²) < 4.78 is 7.52. The Hall–Kier alpha value is -2.27. The molecule has 1 aliphatic heterocycles. The molecular formula is C17H20N2O3. The van der Waals surface area contributed by atoms with Crippen molar-refractivity contribution in [2.24, 2.45) is 0 Å². The van der Waals surface area contributed by atoms with E-state index in [1.807, 2.05) is 38.1 Å². The van der Waals surface area contributed by atoms with E-state index in [9.17, 15) is 9.90 Å². The lowest BCUT2D eigenvalue weighted by Gasteiger charge is -2.36. The molecule has 3 rings (SSSR count). The molecule has 0 atom stereocenters. The van der Waals surface area contributed by atoms with Gasteiger partial charge in [0.2, 0.25) is 0 Å². The molecule has 2 aromatic rings. The SMILES string of the molecule is COc1ccc(C(=O)N2CC(O)C2)cc1-n1c(C)ccc1C. The number of aliphatic hydroxyl groups is 1. The molecule has 116 valence electrons. The predicted molar refractivity (Wildman–Crippen MR) is 83.7 cm³/mol. The molecule has 0 aliphatic carbocycles. The average molecular weight is 300 g/mol. The molecule has 0 unspecified atom stereocenters. The summed E-state index contributed by atoms with van der Waals surface area (Å²) >= 11 is 0. The molecule has 5 heteroatoms. The van der Waals surface area contributed by atoms with Crippen LogP contribution in [0.4, 0.5) is 0 Å². The third-order valence-electron chi connectivity index (χ3n) is 4.09. The first-order chi connectivity index (χ1) is 10.5. The van der Waals surface area contributed by atoms with Gasteiger partial charge in [0.25, 0.3) is 5.91 Å². The van der Waals surface area contributed by atoms with Crippen molar-refractivity contribution in [1.29, 1.82) is 0 Å². The number of aliphatic hydroxyl groups excluding tert-OH is 1. The Bertz CT molecular complexity index is 695. The van der Waals surface area contributed by atoms with Crippen LogP contribution in [0.2, 0.25) is 0 Å². The Morgan fingerprint density at radius 1 is 1.18 bits per heavy atom. The second-order valence-electron chi connectivity index (χ2n) is 5.70. The fourth-order valence-corrected chi connectivity index (χ4v) is 2.85. The van der Waals surface area contributed by atoms with E-state index >= 15 is 0 Å². The van der Waals surface area contributed by atoms with Crippen molar-refractivity contribution in [2.75, 3.05) is 20.2 Å². The molecule has 1 aliphatic rings. The number of aromatic nitrogens is 1. The van der Waals surface area contributed by atoms with E-state index in [-0.39, 0.29) is 5.91 Å². The molecule has 0 bridgehead atoms. The van der Waals surface area contributed by atoms with E-state index in [1.165, 1.54) is 0 Å². The van der Waals surface area contributed by atoms with Gasteiger partial charge in [-0.3, -0.25) is 4.79 Å². The first-order valence-electron chi connectivity index (χ1n) is 7.32. The standard InChI is InChI=1S/C17H20N2O3/c1-11-4-5-12(2)19(11)15-8-13(6-7-16(15)22-3)17(21)18-9-14(20)10-18/h4-8,14,20H,9-10H2,1-3H3. The summed E-state index contributed by atoms with van der Waals surface area (Å²) in [6.07, 6.45) is -0.393. The first kappa shape index (κ1) is 14.7. The van der Waals surface area contributed by atoms with Crippen LogP contribution in [0.1, 0.15) is 21.7 Å². The number of rotatable bonds is 3. The highest BCUT2D eigenvalue weighted by atomic mass is 16.5. The van der Waals surface area contributed by atoms with Crippen molar-refractivity contribution in [1.82, 2.24) is 9.47 Å². The highest BCUT2D eigenvalue weighted by Gasteiger charge is 2.29. The zero-order valence-corrected chi connectivity index (χ0v) is 13.0. The highest BCUT2D eigenvalue weighted by Crippen LogP contribution is 2.28. The predicted octanol–water partition coefficient (Wildman–Crippen LogP) is 1.92. The molecule has 1 amide bonds. The molecule has 0 saturated carbocycles. The van der Waals surface area contributed by atoms with Gasteiger partial charge in [0.15, 0.2) is 0 Å². The van der Waals surface area contributed by atoms with Crippen LogP contribution in [0.25, 0.3) is 5.69 Å². The minimum absolute atomic E-state index is 0.0586. The van der Waals surface area contributed by atoms with E-state index < -0.39 is 6.10 Å². The van der Waals surface area contributed by atoms with E-state index in [0.29, 0.717) is 18.7 Å². The minimum atomic E-state index is -0.393. The molecule has 1 aromatic heterocycles. The van der Waals surface area contributed by atoms with Crippen LogP contribution < -0.4 is 4.74 Å². The van der Waals surface area contributed by atoms with Gasteiger partial charge in [-0.1, -0.05) is 0 Å². The number of hydrogen-bond donors (Lipinski definition) is 1. The van der Waals surface area contributed by atoms with Gasteiger partial charge in [0.1, 0.15) is 5.75 Å². The van der Waals surface area contributed by atoms with Crippen molar-refractivity contribution < 1.29 is 14.6 Å². The maximum absolute atomic E-state index is 12.4. The van der Waals surface area contributed by atoms with Crippen LogP contribution in [-0.2, 0) is 0 Å². The fourth-order valence-electron chi connectivity index (χ4n) is 2.85. The normalized spacial score (nSPS) is 14.8. The summed E-state index contributed by atoms with van der Waals surface area (Å²) in [4.78, 5) is 14.1. The summed E-state index contributed by atoms with van der Waals surface area (Å²) in [5.74, 6) is 0.666. The van der Waals surface area contributed by atoms with E-state index in [4.69, 9.17) is 4.74 Å². The van der Waals surface area contributed by atoms with Gasteiger partial charge in [0.05, 0.1) is 18.9 Å². The van der Waals surface area contributed by atoms with Crippen LogP contribution in [-0.4, -0.2) is 46.8 Å². The third kappa shape index (κ3) is 2.37. The number of carbonyl (C=O) groups excluding carboxylic acids is 1. The van der Waals surface area contributed by atoms with Crippen LogP contribution in [0, 0.1) is 13.8 Å². The Balaban J connectivity index is 2.02. The molecule has 0 spiro atoms. The Morgan fingerprint density at radius 3 is 2.36 bits per heavy atom. The maximum atomic E-state index is 12.4. The lowest BCUT2D eigenvalue weighted by molar-refractivity contribution is 0.00589. The van der Waals surface area contributed by atoms with Crippen molar-refractivity contribution >= 4 is 5.91 Å². The summed E-state index contributed by atoms with van der Waals surface area (Å²) in [5, 5.41) is 9.36. The molecule has 1 N–H and O–H groups in total. The second kappa shape index (κ2) is 5.50. The number of nitrogens with zero attached hydrogens (tertiary/aromatic N) is 2. The zero-order valence-electron chi connectivity index (χ0n) is 13.0. The topological polar surface area (TPSA) is 54.7 Å².